The summed E-state index contributed by atoms with van der Waals surface area (Å²) in [6.07, 6.45) is 1.80. The molecule has 0 saturated carbocycles. The maximum Gasteiger partial charge on any atom is 0.171 e. The van der Waals surface area contributed by atoms with Gasteiger partial charge in [0.2, 0.25) is 0 Å². The molecule has 1 rings (SSSR count). The molecule has 0 saturated heterocycles. The second-order valence-corrected chi connectivity index (χ2v) is 3.91. The molecule has 1 heterocycles. The van der Waals surface area contributed by atoms with Gasteiger partial charge in [-0.1, -0.05) is 0 Å². The number of aryl methyl sites for hydroxylation is 1. The first-order valence-corrected chi connectivity index (χ1v) is 4.69. The van der Waals surface area contributed by atoms with Crippen molar-refractivity contribution in [3.8, 4) is 0 Å². The average molecular weight is 197 g/mol. The first kappa shape index (κ1) is 10.8. The zero-order valence-corrected chi connectivity index (χ0v) is 9.28. The maximum atomic E-state index is 5.76. The molecular formula is C9H19N5. The highest BCUT2D eigenvalue weighted by molar-refractivity contribution is 5.60. The minimum Gasteiger partial charge on any atom is -0.394 e. The third kappa shape index (κ3) is 2.92. The monoisotopic (exact) mass is 197 g/mol. The zero-order valence-electron chi connectivity index (χ0n) is 9.28. The van der Waals surface area contributed by atoms with Gasteiger partial charge in [0.15, 0.2) is 5.82 Å². The first-order valence-electron chi connectivity index (χ1n) is 4.69. The van der Waals surface area contributed by atoms with E-state index >= 15 is 0 Å². The summed E-state index contributed by atoms with van der Waals surface area (Å²) in [4.78, 5) is 2.12. The van der Waals surface area contributed by atoms with Gasteiger partial charge in [-0.25, -0.2) is 0 Å². The van der Waals surface area contributed by atoms with E-state index in [1.807, 2.05) is 21.1 Å². The molecule has 1 aromatic heterocycles. The van der Waals surface area contributed by atoms with Crippen molar-refractivity contribution < 1.29 is 0 Å². The standard InChI is InChI=1S/C9H19N5/c1-7(5-13(2)3)11-9-8(10)6-14(4)12-9/h6-7H,5,10H2,1-4H3,(H,11,12). The minimum absolute atomic E-state index is 0.335. The molecule has 5 nitrogen and oxygen atoms in total. The van der Waals surface area contributed by atoms with Crippen LogP contribution in [0, 0.1) is 0 Å². The Kier molecular flexibility index (Phi) is 3.35. The van der Waals surface area contributed by atoms with Crippen molar-refractivity contribution in [2.24, 2.45) is 7.05 Å². The molecular weight excluding hydrogens is 178 g/mol. The predicted octanol–water partition coefficient (Wildman–Crippen LogP) is 0.364. The van der Waals surface area contributed by atoms with Gasteiger partial charge in [0.1, 0.15) is 0 Å². The molecule has 0 aliphatic rings. The molecule has 14 heavy (non-hydrogen) atoms. The normalized spacial score (nSPS) is 13.2. The predicted molar refractivity (Wildman–Crippen MR) is 59.3 cm³/mol. The summed E-state index contributed by atoms with van der Waals surface area (Å²) in [5, 5.41) is 7.48. The van der Waals surface area contributed by atoms with Crippen molar-refractivity contribution >= 4 is 11.5 Å². The van der Waals surface area contributed by atoms with Crippen LogP contribution in [0.1, 0.15) is 6.92 Å². The molecule has 0 amide bonds. The molecule has 3 N–H and O–H groups in total. The molecule has 0 aliphatic heterocycles. The SMILES string of the molecule is CC(CN(C)C)Nc1nn(C)cc1N. The molecule has 80 valence electrons. The smallest absolute Gasteiger partial charge is 0.171 e. The van der Waals surface area contributed by atoms with Gasteiger partial charge in [0.25, 0.3) is 0 Å². The van der Waals surface area contributed by atoms with E-state index < -0.39 is 0 Å². The molecule has 0 radical (unpaired) electrons. The fourth-order valence-corrected chi connectivity index (χ4v) is 1.45. The van der Waals surface area contributed by atoms with Crippen molar-refractivity contribution in [1.82, 2.24) is 14.7 Å². The van der Waals surface area contributed by atoms with E-state index in [0.717, 1.165) is 12.4 Å². The average Bonchev–Trinajstić information content (AvgIpc) is 2.28. The Morgan fingerprint density at radius 1 is 1.64 bits per heavy atom. The fourth-order valence-electron chi connectivity index (χ4n) is 1.45. The number of anilines is 2. The van der Waals surface area contributed by atoms with Gasteiger partial charge >= 0.3 is 0 Å². The largest absolute Gasteiger partial charge is 0.394 e. The third-order valence-electron chi connectivity index (χ3n) is 1.88. The van der Waals surface area contributed by atoms with Crippen LogP contribution in [-0.2, 0) is 7.05 Å². The third-order valence-corrected chi connectivity index (χ3v) is 1.88. The van der Waals surface area contributed by atoms with Crippen LogP contribution >= 0.6 is 0 Å². The van der Waals surface area contributed by atoms with Crippen LogP contribution in [0.3, 0.4) is 0 Å². The van der Waals surface area contributed by atoms with E-state index in [1.54, 1.807) is 10.9 Å². The molecule has 0 bridgehead atoms. The Hall–Kier alpha value is -1.23. The number of aromatic nitrogens is 2. The van der Waals surface area contributed by atoms with Crippen LogP contribution in [0.2, 0.25) is 0 Å². The lowest BCUT2D eigenvalue weighted by Gasteiger charge is -2.18. The van der Waals surface area contributed by atoms with Crippen molar-refractivity contribution in [3.63, 3.8) is 0 Å². The van der Waals surface area contributed by atoms with Gasteiger partial charge in [0.05, 0.1) is 5.69 Å². The lowest BCUT2D eigenvalue weighted by molar-refractivity contribution is 0.392. The number of hydrogen-bond donors (Lipinski definition) is 2. The fraction of sp³-hybridized carbons (Fsp3) is 0.667. The summed E-state index contributed by atoms with van der Waals surface area (Å²) < 4.78 is 1.71. The number of hydrogen-bond acceptors (Lipinski definition) is 4. The van der Waals surface area contributed by atoms with E-state index in [4.69, 9.17) is 5.73 Å². The quantitative estimate of drug-likeness (QED) is 0.732. The second kappa shape index (κ2) is 4.32. The molecule has 0 aliphatic carbocycles. The highest BCUT2D eigenvalue weighted by atomic mass is 15.3. The molecule has 1 aromatic rings. The Morgan fingerprint density at radius 2 is 2.29 bits per heavy atom. The topological polar surface area (TPSA) is 59.1 Å². The molecule has 5 heteroatoms. The van der Waals surface area contributed by atoms with Crippen LogP contribution in [-0.4, -0.2) is 41.4 Å². The van der Waals surface area contributed by atoms with Crippen LogP contribution in [0.4, 0.5) is 11.5 Å². The van der Waals surface area contributed by atoms with Gasteiger partial charge < -0.3 is 16.0 Å². The second-order valence-electron chi connectivity index (χ2n) is 3.91. The number of likely N-dealkylation sites (N-methyl/N-ethyl adjacent to an activating group) is 1. The Balaban J connectivity index is 2.55. The van der Waals surface area contributed by atoms with E-state index in [1.165, 1.54) is 0 Å². The van der Waals surface area contributed by atoms with E-state index in [9.17, 15) is 0 Å². The van der Waals surface area contributed by atoms with Crippen molar-refractivity contribution in [2.45, 2.75) is 13.0 Å². The summed E-state index contributed by atoms with van der Waals surface area (Å²) in [6.45, 7) is 3.06. The Bertz CT molecular complexity index is 291. The van der Waals surface area contributed by atoms with Crippen LogP contribution < -0.4 is 11.1 Å². The van der Waals surface area contributed by atoms with Crippen LogP contribution in [0.5, 0.6) is 0 Å². The number of nitrogens with one attached hydrogen (secondary N) is 1. The number of nitrogens with two attached hydrogens (primary N) is 1. The maximum absolute atomic E-state index is 5.76. The van der Waals surface area contributed by atoms with Gasteiger partial charge in [-0.2, -0.15) is 5.10 Å². The van der Waals surface area contributed by atoms with E-state index in [2.05, 4.69) is 22.2 Å². The van der Waals surface area contributed by atoms with Crippen molar-refractivity contribution in [3.05, 3.63) is 6.20 Å². The van der Waals surface area contributed by atoms with Crippen LogP contribution in [0.25, 0.3) is 0 Å². The minimum atomic E-state index is 0.335. The number of nitrogen functional groups attached to an aromatic ring is 1. The molecule has 0 aromatic carbocycles. The van der Waals surface area contributed by atoms with Gasteiger partial charge in [0, 0.05) is 25.8 Å². The molecule has 1 unspecified atom stereocenters. The first-order chi connectivity index (χ1) is 6.49. The lowest BCUT2D eigenvalue weighted by atomic mass is 10.3. The molecule has 0 fully saturated rings. The number of nitrogens with zero attached hydrogens (tertiary/aromatic N) is 3. The summed E-state index contributed by atoms with van der Waals surface area (Å²) in [5.41, 5.74) is 6.45. The Labute approximate surface area is 84.9 Å². The van der Waals surface area contributed by atoms with Gasteiger partial charge in [-0.05, 0) is 21.0 Å². The van der Waals surface area contributed by atoms with Crippen molar-refractivity contribution in [1.29, 1.82) is 0 Å². The highest BCUT2D eigenvalue weighted by Crippen LogP contribution is 2.15. The van der Waals surface area contributed by atoms with Gasteiger partial charge in [-0.15, -0.1) is 0 Å². The lowest BCUT2D eigenvalue weighted by Crippen LogP contribution is -2.30. The van der Waals surface area contributed by atoms with E-state index in [0.29, 0.717) is 11.7 Å². The van der Waals surface area contributed by atoms with Crippen molar-refractivity contribution in [2.75, 3.05) is 31.7 Å². The summed E-state index contributed by atoms with van der Waals surface area (Å²) >= 11 is 0. The summed E-state index contributed by atoms with van der Waals surface area (Å²) in [7, 11) is 5.94. The Morgan fingerprint density at radius 3 is 2.71 bits per heavy atom. The summed E-state index contributed by atoms with van der Waals surface area (Å²) in [5.74, 6) is 0.766. The molecule has 1 atom stereocenters. The number of rotatable bonds is 4. The van der Waals surface area contributed by atoms with E-state index in [-0.39, 0.29) is 0 Å². The van der Waals surface area contributed by atoms with Gasteiger partial charge in [-0.3, -0.25) is 4.68 Å². The van der Waals surface area contributed by atoms with Crippen LogP contribution in [0.15, 0.2) is 6.20 Å². The highest BCUT2D eigenvalue weighted by Gasteiger charge is 2.08. The molecule has 0 spiro atoms. The summed E-state index contributed by atoms with van der Waals surface area (Å²) in [6, 6.07) is 0.335. The zero-order chi connectivity index (χ0) is 10.7.